The van der Waals surface area contributed by atoms with E-state index in [2.05, 4.69) is 40.8 Å². The number of nitrogens with one attached hydrogen (secondary N) is 3. The number of benzene rings is 1. The number of guanidine groups is 1. The molecule has 1 aromatic carbocycles. The number of likely N-dealkylation sites (tertiary alicyclic amines) is 1. The van der Waals surface area contributed by atoms with Gasteiger partial charge in [0.15, 0.2) is 5.96 Å². The quantitative estimate of drug-likeness (QED) is 0.449. The van der Waals surface area contributed by atoms with E-state index in [9.17, 15) is 4.79 Å². The minimum absolute atomic E-state index is 0.0487. The Balaban J connectivity index is 1.79. The van der Waals surface area contributed by atoms with Crippen molar-refractivity contribution in [2.24, 2.45) is 10.9 Å². The highest BCUT2D eigenvalue weighted by Crippen LogP contribution is 2.11. The van der Waals surface area contributed by atoms with Crippen molar-refractivity contribution in [2.45, 2.75) is 39.5 Å². The van der Waals surface area contributed by atoms with E-state index in [1.807, 2.05) is 18.2 Å². The number of nitrogens with zero attached hydrogens (tertiary/aromatic N) is 2. The zero-order valence-corrected chi connectivity index (χ0v) is 17.8. The van der Waals surface area contributed by atoms with Crippen molar-refractivity contribution < 1.29 is 4.79 Å². The van der Waals surface area contributed by atoms with Crippen molar-refractivity contribution in [1.29, 1.82) is 0 Å². The monoisotopic (exact) mass is 387 g/mol. The van der Waals surface area contributed by atoms with Gasteiger partial charge in [-0.25, -0.2) is 0 Å². The molecule has 1 heterocycles. The number of piperidine rings is 1. The fourth-order valence-electron chi connectivity index (χ4n) is 3.57. The van der Waals surface area contributed by atoms with Crippen LogP contribution in [0.4, 0.5) is 0 Å². The molecule has 1 unspecified atom stereocenters. The lowest BCUT2D eigenvalue weighted by molar-refractivity contribution is 0.0963. The average molecular weight is 388 g/mol. The molecule has 0 aromatic heterocycles. The Labute approximate surface area is 170 Å². The first-order valence-electron chi connectivity index (χ1n) is 10.7. The number of rotatable bonds is 9. The zero-order valence-electron chi connectivity index (χ0n) is 17.8. The van der Waals surface area contributed by atoms with E-state index in [1.54, 1.807) is 7.05 Å². The molecule has 6 heteroatoms. The topological polar surface area (TPSA) is 68.8 Å². The van der Waals surface area contributed by atoms with Crippen LogP contribution in [0.2, 0.25) is 0 Å². The number of hydrogen-bond donors (Lipinski definition) is 3. The standard InChI is InChI=1S/C22H37N5O/c1-4-24-22(26-16-18(2)17-27-13-6-5-7-14-27)25-12-11-19-9-8-10-20(15-19)21(28)23-3/h8-10,15,18H,4-7,11-14,16-17H2,1-3H3,(H,23,28)(H2,24,25,26). The van der Waals surface area contributed by atoms with E-state index in [4.69, 9.17) is 4.99 Å². The molecule has 1 saturated heterocycles. The highest BCUT2D eigenvalue weighted by molar-refractivity contribution is 5.94. The molecule has 6 nitrogen and oxygen atoms in total. The van der Waals surface area contributed by atoms with Gasteiger partial charge in [-0.1, -0.05) is 25.5 Å². The van der Waals surface area contributed by atoms with Crippen molar-refractivity contribution in [2.75, 3.05) is 46.3 Å². The third kappa shape index (κ3) is 7.89. The van der Waals surface area contributed by atoms with Crippen molar-refractivity contribution in [3.63, 3.8) is 0 Å². The van der Waals surface area contributed by atoms with Crippen LogP contribution in [0, 0.1) is 5.92 Å². The molecule has 0 saturated carbocycles. The third-order valence-corrected chi connectivity index (χ3v) is 5.05. The number of carbonyl (C=O) groups is 1. The molecule has 0 spiro atoms. The van der Waals surface area contributed by atoms with Crippen LogP contribution in [0.5, 0.6) is 0 Å². The summed E-state index contributed by atoms with van der Waals surface area (Å²) >= 11 is 0. The molecule has 1 fully saturated rings. The molecule has 0 bridgehead atoms. The largest absolute Gasteiger partial charge is 0.357 e. The van der Waals surface area contributed by atoms with Gasteiger partial charge in [-0.15, -0.1) is 0 Å². The molecule has 1 aliphatic rings. The van der Waals surface area contributed by atoms with Gasteiger partial charge in [0.2, 0.25) is 0 Å². The average Bonchev–Trinajstić information content (AvgIpc) is 2.72. The first kappa shape index (κ1) is 22.2. The van der Waals surface area contributed by atoms with Crippen LogP contribution in [0.1, 0.15) is 49.0 Å². The van der Waals surface area contributed by atoms with E-state index >= 15 is 0 Å². The molecule has 2 rings (SSSR count). The van der Waals surface area contributed by atoms with Crippen LogP contribution in [-0.2, 0) is 6.42 Å². The molecule has 3 N–H and O–H groups in total. The van der Waals surface area contributed by atoms with Crippen LogP contribution in [0.25, 0.3) is 0 Å². The first-order chi connectivity index (χ1) is 13.6. The first-order valence-corrected chi connectivity index (χ1v) is 10.7. The lowest BCUT2D eigenvalue weighted by Crippen LogP contribution is -2.39. The van der Waals surface area contributed by atoms with E-state index in [1.165, 1.54) is 32.4 Å². The second kappa shape index (κ2) is 12.4. The van der Waals surface area contributed by atoms with Crippen LogP contribution < -0.4 is 16.0 Å². The van der Waals surface area contributed by atoms with Crippen LogP contribution >= 0.6 is 0 Å². The predicted molar refractivity (Wildman–Crippen MR) is 117 cm³/mol. The summed E-state index contributed by atoms with van der Waals surface area (Å²) < 4.78 is 0. The van der Waals surface area contributed by atoms with Gasteiger partial charge < -0.3 is 20.9 Å². The minimum Gasteiger partial charge on any atom is -0.357 e. The molecule has 1 aliphatic heterocycles. The molecular weight excluding hydrogens is 350 g/mol. The fourth-order valence-corrected chi connectivity index (χ4v) is 3.57. The van der Waals surface area contributed by atoms with Gasteiger partial charge in [0.05, 0.1) is 0 Å². The molecule has 156 valence electrons. The number of amides is 1. The molecule has 0 aliphatic carbocycles. The second-order valence-electron chi connectivity index (χ2n) is 7.64. The van der Waals surface area contributed by atoms with E-state index in [-0.39, 0.29) is 5.91 Å². The summed E-state index contributed by atoms with van der Waals surface area (Å²) in [7, 11) is 1.65. The summed E-state index contributed by atoms with van der Waals surface area (Å²) in [6, 6.07) is 7.77. The summed E-state index contributed by atoms with van der Waals surface area (Å²) in [6.45, 7) is 10.4. The Hall–Kier alpha value is -2.08. The normalized spacial score (nSPS) is 16.5. The molecule has 1 atom stereocenters. The Morgan fingerprint density at radius 3 is 2.71 bits per heavy atom. The Kier molecular flexibility index (Phi) is 9.83. The minimum atomic E-state index is -0.0487. The number of hydrogen-bond acceptors (Lipinski definition) is 3. The van der Waals surface area contributed by atoms with Crippen LogP contribution in [0.15, 0.2) is 29.3 Å². The van der Waals surface area contributed by atoms with Crippen LogP contribution in [-0.4, -0.2) is 63.1 Å². The Morgan fingerprint density at radius 2 is 2.00 bits per heavy atom. The van der Waals surface area contributed by atoms with Gasteiger partial charge in [-0.3, -0.25) is 9.79 Å². The highest BCUT2D eigenvalue weighted by atomic mass is 16.1. The van der Waals surface area contributed by atoms with Crippen molar-refractivity contribution >= 4 is 11.9 Å². The lowest BCUT2D eigenvalue weighted by atomic mass is 10.1. The predicted octanol–water partition coefficient (Wildman–Crippen LogP) is 2.27. The van der Waals surface area contributed by atoms with Crippen molar-refractivity contribution in [1.82, 2.24) is 20.9 Å². The maximum atomic E-state index is 11.8. The lowest BCUT2D eigenvalue weighted by Gasteiger charge is -2.28. The van der Waals surface area contributed by atoms with Gasteiger partial charge in [0.25, 0.3) is 5.91 Å². The van der Waals surface area contributed by atoms with E-state index < -0.39 is 0 Å². The summed E-state index contributed by atoms with van der Waals surface area (Å²) in [4.78, 5) is 19.1. The molecule has 28 heavy (non-hydrogen) atoms. The fraction of sp³-hybridized carbons (Fsp3) is 0.636. The van der Waals surface area contributed by atoms with Gasteiger partial charge in [0, 0.05) is 38.8 Å². The van der Waals surface area contributed by atoms with Gasteiger partial charge in [0.1, 0.15) is 0 Å². The zero-order chi connectivity index (χ0) is 20.2. The summed E-state index contributed by atoms with van der Waals surface area (Å²) in [5.74, 6) is 1.38. The molecular formula is C22H37N5O. The van der Waals surface area contributed by atoms with E-state index in [0.29, 0.717) is 11.5 Å². The molecule has 1 aromatic rings. The van der Waals surface area contributed by atoms with Gasteiger partial charge in [-0.2, -0.15) is 0 Å². The van der Waals surface area contributed by atoms with Crippen molar-refractivity contribution in [3.8, 4) is 0 Å². The maximum Gasteiger partial charge on any atom is 0.251 e. The second-order valence-corrected chi connectivity index (χ2v) is 7.64. The van der Waals surface area contributed by atoms with Crippen LogP contribution in [0.3, 0.4) is 0 Å². The summed E-state index contributed by atoms with van der Waals surface area (Å²) in [5.41, 5.74) is 1.84. The van der Waals surface area contributed by atoms with E-state index in [0.717, 1.165) is 44.1 Å². The van der Waals surface area contributed by atoms with Gasteiger partial charge >= 0.3 is 0 Å². The smallest absolute Gasteiger partial charge is 0.251 e. The number of aliphatic imine (C=N–C) groups is 1. The third-order valence-electron chi connectivity index (χ3n) is 5.05. The SMILES string of the molecule is CCNC(=NCC(C)CN1CCCCC1)NCCc1cccc(C(=O)NC)c1. The van der Waals surface area contributed by atoms with Gasteiger partial charge in [-0.05, 0) is 62.9 Å². The molecule has 0 radical (unpaired) electrons. The maximum absolute atomic E-state index is 11.8. The highest BCUT2D eigenvalue weighted by Gasteiger charge is 2.13. The Morgan fingerprint density at radius 1 is 1.21 bits per heavy atom. The summed E-state index contributed by atoms with van der Waals surface area (Å²) in [6.07, 6.45) is 4.89. The molecule has 1 amide bonds. The summed E-state index contributed by atoms with van der Waals surface area (Å²) in [5, 5.41) is 9.41. The van der Waals surface area contributed by atoms with Crippen molar-refractivity contribution in [3.05, 3.63) is 35.4 Å². The Bertz CT molecular complexity index is 625. The number of carbonyl (C=O) groups excluding carboxylic acids is 1.